The zero-order chi connectivity index (χ0) is 13.8. The fourth-order valence-corrected chi connectivity index (χ4v) is 2.01. The molecule has 0 bridgehead atoms. The first-order valence-electron chi connectivity index (χ1n) is 5.32. The predicted molar refractivity (Wildman–Crippen MR) is 77.4 cm³/mol. The number of carbonyl (C=O) groups is 1. The van der Waals surface area contributed by atoms with Crippen molar-refractivity contribution < 1.29 is 14.6 Å². The Kier molecular flexibility index (Phi) is 4.55. The largest absolute Gasteiger partial charge is 0.486 e. The molecule has 0 saturated carbocycles. The molecule has 0 aliphatic rings. The maximum absolute atomic E-state index is 11.1. The van der Waals surface area contributed by atoms with Gasteiger partial charge in [0, 0.05) is 15.1 Å². The Morgan fingerprint density at radius 1 is 1.21 bits per heavy atom. The quantitative estimate of drug-likeness (QED) is 0.865. The number of nitrogens with zero attached hydrogens (tertiary/aromatic N) is 1. The number of benzene rings is 1. The predicted octanol–water partition coefficient (Wildman–Crippen LogP) is 3.88. The molecule has 19 heavy (non-hydrogen) atoms. The lowest BCUT2D eigenvalue weighted by Crippen LogP contribution is -2.04. The summed E-state index contributed by atoms with van der Waals surface area (Å²) in [4.78, 5) is 15.2. The van der Waals surface area contributed by atoms with Gasteiger partial charge in [0.2, 0.25) is 0 Å². The summed E-state index contributed by atoms with van der Waals surface area (Å²) in [5.41, 5.74) is 0.847. The third-order valence-electron chi connectivity index (χ3n) is 2.34. The van der Waals surface area contributed by atoms with Gasteiger partial charge in [-0.15, -0.1) is 0 Å². The fraction of sp³-hybridized carbons (Fsp3) is 0.0769. The Labute approximate surface area is 126 Å². The molecule has 0 radical (unpaired) electrons. The molecule has 2 aromatic rings. The zero-order valence-corrected chi connectivity index (χ0v) is 12.8. The molecule has 0 spiro atoms. The summed E-state index contributed by atoms with van der Waals surface area (Å²) in [6.07, 6.45) is 1.66. The average Bonchev–Trinajstić information content (AvgIpc) is 2.38. The highest BCUT2D eigenvalue weighted by molar-refractivity contribution is 9.10. The van der Waals surface area contributed by atoms with Crippen molar-refractivity contribution in [2.75, 3.05) is 0 Å². The lowest BCUT2D eigenvalue weighted by Gasteiger charge is -2.09. The lowest BCUT2D eigenvalue weighted by molar-refractivity contribution is 0.0691. The van der Waals surface area contributed by atoms with Gasteiger partial charge in [0.15, 0.2) is 0 Å². The van der Waals surface area contributed by atoms with Crippen LogP contribution in [-0.2, 0) is 6.61 Å². The second kappa shape index (κ2) is 6.16. The van der Waals surface area contributed by atoms with Crippen LogP contribution >= 0.6 is 31.9 Å². The van der Waals surface area contributed by atoms with Crippen LogP contribution in [0, 0.1) is 0 Å². The Hall–Kier alpha value is -1.40. The van der Waals surface area contributed by atoms with Crippen molar-refractivity contribution in [1.82, 2.24) is 4.98 Å². The molecule has 1 aromatic heterocycles. The number of hydrogen-bond donors (Lipinski definition) is 1. The molecule has 0 unspecified atom stereocenters. The number of carboxylic acids is 1. The average molecular weight is 387 g/mol. The van der Waals surface area contributed by atoms with E-state index in [9.17, 15) is 4.79 Å². The summed E-state index contributed by atoms with van der Waals surface area (Å²) in [5.74, 6) is -0.710. The number of aromatic carboxylic acids is 1. The van der Waals surface area contributed by atoms with Crippen molar-refractivity contribution in [3.05, 3.63) is 56.7 Å². The monoisotopic (exact) mass is 385 g/mol. The lowest BCUT2D eigenvalue weighted by atomic mass is 10.2. The summed E-state index contributed by atoms with van der Waals surface area (Å²) in [5, 5.41) is 9.07. The van der Waals surface area contributed by atoms with E-state index in [4.69, 9.17) is 9.84 Å². The molecule has 98 valence electrons. The molecule has 2 rings (SSSR count). The number of hydrogen-bond acceptors (Lipinski definition) is 3. The van der Waals surface area contributed by atoms with E-state index < -0.39 is 5.97 Å². The van der Waals surface area contributed by atoms with Crippen LogP contribution < -0.4 is 4.74 Å². The minimum Gasteiger partial charge on any atom is -0.486 e. The molecule has 1 N–H and O–H groups in total. The van der Waals surface area contributed by atoms with Gasteiger partial charge in [-0.25, -0.2) is 4.79 Å². The van der Waals surface area contributed by atoms with Crippen molar-refractivity contribution >= 4 is 37.8 Å². The highest BCUT2D eigenvalue weighted by Crippen LogP contribution is 2.24. The van der Waals surface area contributed by atoms with E-state index in [-0.39, 0.29) is 12.2 Å². The summed E-state index contributed by atoms with van der Waals surface area (Å²) < 4.78 is 7.16. The smallest absolute Gasteiger partial charge is 0.339 e. The molecular formula is C13H9Br2NO3. The third kappa shape index (κ3) is 3.78. The van der Waals surface area contributed by atoms with Crippen molar-refractivity contribution in [2.45, 2.75) is 6.61 Å². The van der Waals surface area contributed by atoms with E-state index >= 15 is 0 Å². The topological polar surface area (TPSA) is 59.4 Å². The molecule has 0 fully saturated rings. The first-order valence-corrected chi connectivity index (χ1v) is 6.91. The van der Waals surface area contributed by atoms with Gasteiger partial charge in [-0.05, 0) is 46.3 Å². The van der Waals surface area contributed by atoms with Gasteiger partial charge in [0.1, 0.15) is 17.9 Å². The van der Waals surface area contributed by atoms with Crippen LogP contribution in [0.1, 0.15) is 16.1 Å². The number of aromatic nitrogens is 1. The van der Waals surface area contributed by atoms with Gasteiger partial charge in [0.05, 0.1) is 5.69 Å². The number of halogens is 2. The van der Waals surface area contributed by atoms with Crippen LogP contribution in [0.3, 0.4) is 0 Å². The van der Waals surface area contributed by atoms with Crippen LogP contribution in [0.25, 0.3) is 0 Å². The van der Waals surface area contributed by atoms with Crippen molar-refractivity contribution in [1.29, 1.82) is 0 Å². The van der Waals surface area contributed by atoms with E-state index in [0.717, 1.165) is 14.6 Å². The van der Waals surface area contributed by atoms with E-state index in [1.807, 2.05) is 12.1 Å². The van der Waals surface area contributed by atoms with Gasteiger partial charge in [-0.2, -0.15) is 0 Å². The second-order valence-electron chi connectivity index (χ2n) is 3.70. The van der Waals surface area contributed by atoms with E-state index in [0.29, 0.717) is 5.75 Å². The Morgan fingerprint density at radius 3 is 2.58 bits per heavy atom. The highest BCUT2D eigenvalue weighted by atomic mass is 79.9. The number of rotatable bonds is 4. The van der Waals surface area contributed by atoms with Gasteiger partial charge < -0.3 is 9.84 Å². The first-order chi connectivity index (χ1) is 9.06. The molecule has 0 saturated heterocycles. The maximum Gasteiger partial charge on any atom is 0.339 e. The van der Waals surface area contributed by atoms with E-state index in [2.05, 4.69) is 36.8 Å². The van der Waals surface area contributed by atoms with E-state index in [1.54, 1.807) is 18.3 Å². The Bertz CT molecular complexity index is 599. The van der Waals surface area contributed by atoms with Crippen molar-refractivity contribution in [2.24, 2.45) is 0 Å². The molecule has 0 atom stereocenters. The molecule has 6 heteroatoms. The summed E-state index contributed by atoms with van der Waals surface area (Å²) in [7, 11) is 0. The molecule has 4 nitrogen and oxygen atoms in total. The summed E-state index contributed by atoms with van der Waals surface area (Å²) in [6.45, 7) is 0.212. The van der Waals surface area contributed by atoms with Gasteiger partial charge >= 0.3 is 5.97 Å². The second-order valence-corrected chi connectivity index (χ2v) is 5.53. The van der Waals surface area contributed by atoms with Crippen LogP contribution in [-0.4, -0.2) is 16.1 Å². The first kappa shape index (κ1) is 14.0. The van der Waals surface area contributed by atoms with Gasteiger partial charge in [-0.3, -0.25) is 4.98 Å². The van der Waals surface area contributed by atoms with Crippen LogP contribution in [0.5, 0.6) is 5.75 Å². The highest BCUT2D eigenvalue weighted by Gasteiger charge is 2.11. The standard InChI is InChI=1S/C13H9Br2NO3/c14-8-2-4-11(13(17)18)12(5-8)19-7-10-3-1-9(15)6-16-10/h1-6H,7H2,(H,17,18). The maximum atomic E-state index is 11.1. The third-order valence-corrected chi connectivity index (χ3v) is 3.30. The minimum atomic E-state index is -1.02. The normalized spacial score (nSPS) is 10.2. The van der Waals surface area contributed by atoms with Crippen LogP contribution in [0.2, 0.25) is 0 Å². The SMILES string of the molecule is O=C(O)c1ccc(Br)cc1OCc1ccc(Br)cn1. The summed E-state index contributed by atoms with van der Waals surface area (Å²) >= 11 is 6.58. The number of pyridine rings is 1. The van der Waals surface area contributed by atoms with Gasteiger partial charge in [0.25, 0.3) is 0 Å². The molecule has 1 aromatic carbocycles. The number of ether oxygens (including phenoxy) is 1. The van der Waals surface area contributed by atoms with Gasteiger partial charge in [-0.1, -0.05) is 15.9 Å². The minimum absolute atomic E-state index is 0.125. The zero-order valence-electron chi connectivity index (χ0n) is 9.64. The Balaban J connectivity index is 2.16. The van der Waals surface area contributed by atoms with Crippen LogP contribution in [0.4, 0.5) is 0 Å². The molecule has 0 aliphatic carbocycles. The van der Waals surface area contributed by atoms with Crippen molar-refractivity contribution in [3.63, 3.8) is 0 Å². The van der Waals surface area contributed by atoms with E-state index in [1.165, 1.54) is 6.07 Å². The molecule has 0 aliphatic heterocycles. The van der Waals surface area contributed by atoms with Crippen molar-refractivity contribution in [3.8, 4) is 5.75 Å². The molecule has 0 amide bonds. The summed E-state index contributed by atoms with van der Waals surface area (Å²) in [6, 6.07) is 8.44. The molecular weight excluding hydrogens is 378 g/mol. The molecule has 1 heterocycles. The van der Waals surface area contributed by atoms with Crippen LogP contribution in [0.15, 0.2) is 45.5 Å². The number of carboxylic acid groups (broad SMARTS) is 1. The Morgan fingerprint density at radius 2 is 1.95 bits per heavy atom. The fourth-order valence-electron chi connectivity index (χ4n) is 1.44.